The van der Waals surface area contributed by atoms with E-state index in [1.165, 1.54) is 4.90 Å². The third-order valence-electron chi connectivity index (χ3n) is 5.93. The van der Waals surface area contributed by atoms with Gasteiger partial charge >= 0.3 is 5.63 Å². The Hall–Kier alpha value is -3.15. The second-order valence-electron chi connectivity index (χ2n) is 7.70. The number of carbonyl (C=O) groups excluding carboxylic acids is 2. The molecule has 142 valence electrons. The molecule has 5 rings (SSSR count). The maximum atomic E-state index is 13.8. The SMILES string of the molecule is Cc1ccc2c(c1)[C@]1(C(=O)N2C)C2=C(CCCC2=O)Oc2cc(C)oc(=O)c21. The Balaban J connectivity index is 1.99. The number of benzene rings is 1. The molecule has 0 bridgehead atoms. The van der Waals surface area contributed by atoms with Crippen LogP contribution in [0.2, 0.25) is 0 Å². The van der Waals surface area contributed by atoms with Crippen molar-refractivity contribution in [2.24, 2.45) is 0 Å². The number of amides is 1. The van der Waals surface area contributed by atoms with Crippen LogP contribution in [0, 0.1) is 13.8 Å². The van der Waals surface area contributed by atoms with Gasteiger partial charge in [-0.1, -0.05) is 17.7 Å². The van der Waals surface area contributed by atoms with Crippen molar-refractivity contribution in [1.29, 1.82) is 0 Å². The van der Waals surface area contributed by atoms with Crippen LogP contribution < -0.4 is 15.3 Å². The predicted octanol–water partition coefficient (Wildman–Crippen LogP) is 2.92. The summed E-state index contributed by atoms with van der Waals surface area (Å²) in [5.74, 6) is 0.719. The van der Waals surface area contributed by atoms with Gasteiger partial charge in [0.15, 0.2) is 5.78 Å². The molecule has 2 aliphatic heterocycles. The molecule has 1 aliphatic carbocycles. The largest absolute Gasteiger partial charge is 0.460 e. The van der Waals surface area contributed by atoms with Crippen LogP contribution in [0.5, 0.6) is 5.75 Å². The number of ketones is 1. The fourth-order valence-electron chi connectivity index (χ4n) is 4.80. The molecular weight excluding hydrogens is 358 g/mol. The van der Waals surface area contributed by atoms with Crippen molar-refractivity contribution in [3.8, 4) is 5.75 Å². The van der Waals surface area contributed by atoms with Crippen molar-refractivity contribution < 1.29 is 18.7 Å². The van der Waals surface area contributed by atoms with Crippen LogP contribution in [0.25, 0.3) is 0 Å². The minimum atomic E-state index is -1.51. The molecule has 6 nitrogen and oxygen atoms in total. The smallest absolute Gasteiger partial charge is 0.344 e. The highest BCUT2D eigenvalue weighted by Crippen LogP contribution is 2.56. The number of allylic oxidation sites excluding steroid dienone is 1. The first-order chi connectivity index (χ1) is 13.4. The summed E-state index contributed by atoms with van der Waals surface area (Å²) in [5.41, 5.74) is 0.520. The highest BCUT2D eigenvalue weighted by Gasteiger charge is 2.61. The molecule has 3 heterocycles. The van der Waals surface area contributed by atoms with Gasteiger partial charge in [-0.3, -0.25) is 9.59 Å². The van der Waals surface area contributed by atoms with E-state index in [0.717, 1.165) is 5.56 Å². The van der Waals surface area contributed by atoms with Crippen LogP contribution in [-0.4, -0.2) is 18.7 Å². The van der Waals surface area contributed by atoms with Gasteiger partial charge in [-0.05, 0) is 26.3 Å². The molecule has 1 aromatic heterocycles. The van der Waals surface area contributed by atoms with E-state index in [4.69, 9.17) is 9.15 Å². The van der Waals surface area contributed by atoms with Crippen molar-refractivity contribution in [2.45, 2.75) is 38.5 Å². The predicted molar refractivity (Wildman–Crippen MR) is 102 cm³/mol. The van der Waals surface area contributed by atoms with Gasteiger partial charge in [-0.2, -0.15) is 0 Å². The number of hydrogen-bond donors (Lipinski definition) is 0. The number of carbonyl (C=O) groups is 2. The number of aryl methyl sites for hydroxylation is 2. The summed E-state index contributed by atoms with van der Waals surface area (Å²) in [7, 11) is 1.67. The number of rotatable bonds is 0. The molecule has 2 aromatic rings. The minimum Gasteiger partial charge on any atom is -0.460 e. The highest BCUT2D eigenvalue weighted by atomic mass is 16.5. The van der Waals surface area contributed by atoms with E-state index in [1.54, 1.807) is 20.0 Å². The molecule has 1 atom stereocenters. The van der Waals surface area contributed by atoms with Gasteiger partial charge in [0.25, 0.3) is 0 Å². The maximum Gasteiger partial charge on any atom is 0.344 e. The standard InChI is InChI=1S/C22H19NO5/c1-11-7-8-14-13(9-11)22(21(26)23(14)3)18-15(24)5-4-6-16(18)28-17-10-12(2)27-20(25)19(17)22/h7-10H,4-6H2,1-3H3/t22-/m0/s1. The van der Waals surface area contributed by atoms with E-state index in [2.05, 4.69) is 0 Å². The van der Waals surface area contributed by atoms with Crippen LogP contribution in [0.4, 0.5) is 5.69 Å². The number of Topliss-reactive ketones (excluding diaryl/α,β-unsaturated/α-hetero) is 1. The summed E-state index contributed by atoms with van der Waals surface area (Å²) in [5, 5.41) is 0. The molecule has 1 aromatic carbocycles. The van der Waals surface area contributed by atoms with Gasteiger partial charge in [0, 0.05) is 37.2 Å². The highest BCUT2D eigenvalue weighted by molar-refractivity contribution is 6.19. The van der Waals surface area contributed by atoms with E-state index in [9.17, 15) is 14.4 Å². The lowest BCUT2D eigenvalue weighted by Crippen LogP contribution is -2.49. The second kappa shape index (κ2) is 5.44. The van der Waals surface area contributed by atoms with E-state index in [1.807, 2.05) is 25.1 Å². The third kappa shape index (κ3) is 1.90. The molecular formula is C22H19NO5. The topological polar surface area (TPSA) is 76.8 Å². The van der Waals surface area contributed by atoms with E-state index >= 15 is 0 Å². The number of hydrogen-bond acceptors (Lipinski definition) is 5. The first-order valence-corrected chi connectivity index (χ1v) is 9.35. The fourth-order valence-corrected chi connectivity index (χ4v) is 4.80. The minimum absolute atomic E-state index is 0.105. The van der Waals surface area contributed by atoms with Crippen LogP contribution in [0.1, 0.15) is 41.7 Å². The van der Waals surface area contributed by atoms with Gasteiger partial charge in [0.2, 0.25) is 5.91 Å². The van der Waals surface area contributed by atoms with Crippen LogP contribution in [0.15, 0.2) is 44.8 Å². The summed E-state index contributed by atoms with van der Waals surface area (Å²) in [4.78, 5) is 41.4. The molecule has 0 unspecified atom stereocenters. The first-order valence-electron chi connectivity index (χ1n) is 9.35. The van der Waals surface area contributed by atoms with Gasteiger partial charge < -0.3 is 14.1 Å². The number of ether oxygens (including phenoxy) is 1. The lowest BCUT2D eigenvalue weighted by molar-refractivity contribution is -0.124. The molecule has 0 saturated heterocycles. The van der Waals surface area contributed by atoms with E-state index < -0.39 is 11.0 Å². The van der Waals surface area contributed by atoms with Gasteiger partial charge in [0.05, 0.1) is 5.57 Å². The van der Waals surface area contributed by atoms with Gasteiger partial charge in [0.1, 0.15) is 28.2 Å². The normalized spacial score (nSPS) is 22.9. The Morgan fingerprint density at radius 2 is 1.86 bits per heavy atom. The van der Waals surface area contributed by atoms with Crippen LogP contribution >= 0.6 is 0 Å². The summed E-state index contributed by atoms with van der Waals surface area (Å²) in [6.45, 7) is 3.58. The Morgan fingerprint density at radius 1 is 1.07 bits per heavy atom. The average Bonchev–Trinajstić information content (AvgIpc) is 2.83. The second-order valence-corrected chi connectivity index (χ2v) is 7.70. The molecule has 0 fully saturated rings. The molecule has 1 spiro atoms. The van der Waals surface area contributed by atoms with Crippen LogP contribution in [-0.2, 0) is 15.0 Å². The summed E-state index contributed by atoms with van der Waals surface area (Å²) in [6, 6.07) is 7.29. The number of fused-ring (bicyclic) bond motifs is 5. The molecule has 3 aliphatic rings. The van der Waals surface area contributed by atoms with Crippen molar-refractivity contribution in [2.75, 3.05) is 11.9 Å². The summed E-state index contributed by atoms with van der Waals surface area (Å²) in [6.07, 6.45) is 1.54. The lowest BCUT2D eigenvalue weighted by atomic mass is 9.65. The van der Waals surface area contributed by atoms with Crippen molar-refractivity contribution in [3.63, 3.8) is 0 Å². The Bertz CT molecular complexity index is 1170. The molecule has 1 amide bonds. The Kier molecular flexibility index (Phi) is 3.30. The first kappa shape index (κ1) is 17.0. The monoisotopic (exact) mass is 377 g/mol. The summed E-state index contributed by atoms with van der Waals surface area (Å²) >= 11 is 0. The Morgan fingerprint density at radius 3 is 2.64 bits per heavy atom. The molecule has 6 heteroatoms. The lowest BCUT2D eigenvalue weighted by Gasteiger charge is -2.38. The zero-order valence-electron chi connectivity index (χ0n) is 15.9. The van der Waals surface area contributed by atoms with Crippen molar-refractivity contribution in [3.05, 3.63) is 68.5 Å². The molecule has 28 heavy (non-hydrogen) atoms. The molecule has 0 N–H and O–H groups in total. The van der Waals surface area contributed by atoms with Crippen molar-refractivity contribution >= 4 is 17.4 Å². The van der Waals surface area contributed by atoms with Crippen LogP contribution in [0.3, 0.4) is 0 Å². The number of likely N-dealkylation sites (N-methyl/N-ethyl adjacent to an activating group) is 1. The zero-order valence-corrected chi connectivity index (χ0v) is 15.9. The fraction of sp³-hybridized carbons (Fsp3) is 0.318. The number of nitrogens with zero attached hydrogens (tertiary/aromatic N) is 1. The zero-order chi connectivity index (χ0) is 19.8. The average molecular weight is 377 g/mol. The Labute approximate surface area is 161 Å². The van der Waals surface area contributed by atoms with Gasteiger partial charge in [-0.15, -0.1) is 0 Å². The van der Waals surface area contributed by atoms with E-state index in [-0.39, 0.29) is 17.3 Å². The molecule has 0 radical (unpaired) electrons. The maximum absolute atomic E-state index is 13.8. The van der Waals surface area contributed by atoms with E-state index in [0.29, 0.717) is 53.4 Å². The van der Waals surface area contributed by atoms with Crippen molar-refractivity contribution in [1.82, 2.24) is 0 Å². The third-order valence-corrected chi connectivity index (χ3v) is 5.93. The molecule has 0 saturated carbocycles. The summed E-state index contributed by atoms with van der Waals surface area (Å²) < 4.78 is 11.4. The van der Waals surface area contributed by atoms with Gasteiger partial charge in [-0.25, -0.2) is 4.79 Å². The number of anilines is 1. The quantitative estimate of drug-likeness (QED) is 0.706.